The Hall–Kier alpha value is -2.22. The minimum Gasteiger partial charge on any atom is -0.465 e. The monoisotopic (exact) mass is 207 g/mol. The van der Waals surface area contributed by atoms with Crippen molar-refractivity contribution < 1.29 is 18.7 Å². The molecule has 0 aliphatic rings. The largest absolute Gasteiger partial charge is 0.465 e. The number of nitriles is 1. The third-order valence-corrected chi connectivity index (χ3v) is 1.78. The van der Waals surface area contributed by atoms with Crippen molar-refractivity contribution in [3.63, 3.8) is 0 Å². The summed E-state index contributed by atoms with van der Waals surface area (Å²) < 4.78 is 17.6. The van der Waals surface area contributed by atoms with Gasteiger partial charge in [0.2, 0.25) is 0 Å². The van der Waals surface area contributed by atoms with Crippen LogP contribution >= 0.6 is 0 Å². The number of halogens is 1. The maximum atomic E-state index is 13.2. The van der Waals surface area contributed by atoms with E-state index in [4.69, 9.17) is 5.26 Å². The summed E-state index contributed by atoms with van der Waals surface area (Å²) >= 11 is 0. The van der Waals surface area contributed by atoms with Gasteiger partial charge in [0.1, 0.15) is 11.9 Å². The first-order valence-corrected chi connectivity index (χ1v) is 3.91. The third-order valence-electron chi connectivity index (χ3n) is 1.78. The first-order chi connectivity index (χ1) is 7.13. The number of carbonyl (C=O) groups excluding carboxylic acids is 2. The molecule has 0 atom stereocenters. The van der Waals surface area contributed by atoms with Gasteiger partial charge in [0.05, 0.1) is 18.2 Å². The van der Waals surface area contributed by atoms with Crippen LogP contribution in [-0.2, 0) is 4.74 Å². The van der Waals surface area contributed by atoms with Crippen LogP contribution in [0.3, 0.4) is 0 Å². The lowest BCUT2D eigenvalue weighted by molar-refractivity contribution is 0.0600. The molecular formula is C10H6FNO3. The van der Waals surface area contributed by atoms with Gasteiger partial charge >= 0.3 is 5.97 Å². The molecule has 0 spiro atoms. The number of benzene rings is 1. The zero-order valence-electron chi connectivity index (χ0n) is 7.78. The Kier molecular flexibility index (Phi) is 3.13. The Labute approximate surface area is 84.9 Å². The summed E-state index contributed by atoms with van der Waals surface area (Å²) in [5.41, 5.74) is -0.647. The van der Waals surface area contributed by atoms with E-state index in [0.29, 0.717) is 6.29 Å². The predicted octanol–water partition coefficient (Wildman–Crippen LogP) is 1.30. The van der Waals surface area contributed by atoms with E-state index in [0.717, 1.165) is 19.2 Å². The molecule has 0 bridgehead atoms. The Morgan fingerprint density at radius 3 is 2.73 bits per heavy atom. The van der Waals surface area contributed by atoms with Crippen molar-refractivity contribution in [1.82, 2.24) is 0 Å². The molecule has 1 aromatic rings. The highest BCUT2D eigenvalue weighted by Gasteiger charge is 2.14. The van der Waals surface area contributed by atoms with Gasteiger partial charge in [0.25, 0.3) is 0 Å². The average molecular weight is 207 g/mol. The predicted molar refractivity (Wildman–Crippen MR) is 47.8 cm³/mol. The quantitative estimate of drug-likeness (QED) is 0.541. The maximum absolute atomic E-state index is 13.2. The first-order valence-electron chi connectivity index (χ1n) is 3.91. The second-order valence-corrected chi connectivity index (χ2v) is 2.64. The number of esters is 1. The van der Waals surface area contributed by atoms with E-state index in [1.807, 2.05) is 0 Å². The highest BCUT2D eigenvalue weighted by Crippen LogP contribution is 2.15. The van der Waals surface area contributed by atoms with Crippen LogP contribution in [-0.4, -0.2) is 19.4 Å². The number of carbonyl (C=O) groups is 2. The van der Waals surface area contributed by atoms with E-state index in [2.05, 4.69) is 4.74 Å². The molecule has 0 saturated heterocycles. The molecule has 0 unspecified atom stereocenters. The summed E-state index contributed by atoms with van der Waals surface area (Å²) in [4.78, 5) is 21.6. The molecule has 76 valence electrons. The van der Waals surface area contributed by atoms with E-state index in [9.17, 15) is 14.0 Å². The van der Waals surface area contributed by atoms with Crippen LogP contribution in [0.25, 0.3) is 0 Å². The Morgan fingerprint density at radius 1 is 1.60 bits per heavy atom. The molecule has 5 heteroatoms. The molecule has 0 radical (unpaired) electrons. The van der Waals surface area contributed by atoms with Crippen molar-refractivity contribution in [1.29, 1.82) is 5.26 Å². The standard InChI is InChI=1S/C10H6FNO3/c1-15-10(14)6-2-7(5-13)8(4-12)9(11)3-6/h2-3,5H,1H3. The van der Waals surface area contributed by atoms with Gasteiger partial charge in [0.15, 0.2) is 6.29 Å². The van der Waals surface area contributed by atoms with Crippen molar-refractivity contribution in [3.8, 4) is 6.07 Å². The van der Waals surface area contributed by atoms with Crippen molar-refractivity contribution in [2.24, 2.45) is 0 Å². The summed E-state index contributed by atoms with van der Waals surface area (Å²) in [7, 11) is 1.14. The van der Waals surface area contributed by atoms with Gasteiger partial charge in [0, 0.05) is 5.56 Å². The molecule has 0 N–H and O–H groups in total. The molecule has 1 rings (SSSR count). The van der Waals surface area contributed by atoms with E-state index in [-0.39, 0.29) is 16.7 Å². The molecule has 0 aromatic heterocycles. The first kappa shape index (κ1) is 10.9. The average Bonchev–Trinajstić information content (AvgIpc) is 2.26. The second kappa shape index (κ2) is 4.33. The smallest absolute Gasteiger partial charge is 0.337 e. The highest BCUT2D eigenvalue weighted by atomic mass is 19.1. The number of aldehydes is 1. The van der Waals surface area contributed by atoms with Gasteiger partial charge in [-0.25, -0.2) is 9.18 Å². The van der Waals surface area contributed by atoms with E-state index < -0.39 is 11.8 Å². The fraction of sp³-hybridized carbons (Fsp3) is 0.100. The van der Waals surface area contributed by atoms with Crippen LogP contribution in [0.15, 0.2) is 12.1 Å². The number of methoxy groups -OCH3 is 1. The Bertz CT molecular complexity index is 462. The highest BCUT2D eigenvalue weighted by molar-refractivity contribution is 5.92. The van der Waals surface area contributed by atoms with Gasteiger partial charge in [-0.1, -0.05) is 0 Å². The lowest BCUT2D eigenvalue weighted by Gasteiger charge is -2.02. The van der Waals surface area contributed by atoms with Crippen LogP contribution < -0.4 is 0 Å². The van der Waals surface area contributed by atoms with Gasteiger partial charge in [-0.3, -0.25) is 4.79 Å². The third kappa shape index (κ3) is 1.99. The molecule has 0 heterocycles. The molecule has 0 amide bonds. The second-order valence-electron chi connectivity index (χ2n) is 2.64. The van der Waals surface area contributed by atoms with Gasteiger partial charge in [-0.15, -0.1) is 0 Å². The van der Waals surface area contributed by atoms with Crippen LogP contribution in [0.1, 0.15) is 26.3 Å². The minimum atomic E-state index is -0.914. The lowest BCUT2D eigenvalue weighted by atomic mass is 10.1. The lowest BCUT2D eigenvalue weighted by Crippen LogP contribution is -2.04. The van der Waals surface area contributed by atoms with Crippen molar-refractivity contribution in [3.05, 3.63) is 34.6 Å². The van der Waals surface area contributed by atoms with E-state index >= 15 is 0 Å². The van der Waals surface area contributed by atoms with E-state index in [1.54, 1.807) is 6.07 Å². The topological polar surface area (TPSA) is 67.2 Å². The molecule has 15 heavy (non-hydrogen) atoms. The summed E-state index contributed by atoms with van der Waals surface area (Å²) in [6, 6.07) is 3.51. The number of hydrogen-bond donors (Lipinski definition) is 0. The van der Waals surface area contributed by atoms with Crippen molar-refractivity contribution in [2.75, 3.05) is 7.11 Å². The SMILES string of the molecule is COC(=O)c1cc(F)c(C#N)c(C=O)c1. The van der Waals surface area contributed by atoms with Crippen LogP contribution in [0.4, 0.5) is 4.39 Å². The molecule has 0 saturated carbocycles. The zero-order valence-corrected chi connectivity index (χ0v) is 7.78. The molecule has 0 fully saturated rings. The number of nitrogens with zero attached hydrogens (tertiary/aromatic N) is 1. The molecular weight excluding hydrogens is 201 g/mol. The Balaban J connectivity index is 3.39. The molecule has 0 aliphatic carbocycles. The van der Waals surface area contributed by atoms with Gasteiger partial charge in [-0.2, -0.15) is 5.26 Å². The molecule has 4 nitrogen and oxygen atoms in total. The fourth-order valence-corrected chi connectivity index (χ4v) is 1.07. The van der Waals surface area contributed by atoms with Crippen LogP contribution in [0.2, 0.25) is 0 Å². The number of hydrogen-bond acceptors (Lipinski definition) is 4. The summed E-state index contributed by atoms with van der Waals surface area (Å²) in [6.07, 6.45) is 0.314. The summed E-state index contributed by atoms with van der Waals surface area (Å²) in [5.74, 6) is -1.68. The summed E-state index contributed by atoms with van der Waals surface area (Å²) in [5, 5.41) is 8.55. The van der Waals surface area contributed by atoms with Crippen LogP contribution in [0.5, 0.6) is 0 Å². The number of ether oxygens (including phenoxy) is 1. The van der Waals surface area contributed by atoms with Gasteiger partial charge < -0.3 is 4.74 Å². The number of rotatable bonds is 2. The molecule has 0 aliphatic heterocycles. The summed E-state index contributed by atoms with van der Waals surface area (Å²) in [6.45, 7) is 0. The maximum Gasteiger partial charge on any atom is 0.337 e. The van der Waals surface area contributed by atoms with Gasteiger partial charge in [-0.05, 0) is 12.1 Å². The normalized spacial score (nSPS) is 9.13. The van der Waals surface area contributed by atoms with Crippen molar-refractivity contribution >= 4 is 12.3 Å². The molecule has 1 aromatic carbocycles. The van der Waals surface area contributed by atoms with Crippen LogP contribution in [0, 0.1) is 17.1 Å². The zero-order chi connectivity index (χ0) is 11.4. The minimum absolute atomic E-state index is 0.101. The fourth-order valence-electron chi connectivity index (χ4n) is 1.07. The van der Waals surface area contributed by atoms with Crippen molar-refractivity contribution in [2.45, 2.75) is 0 Å². The Morgan fingerprint density at radius 2 is 2.27 bits per heavy atom. The van der Waals surface area contributed by atoms with E-state index in [1.165, 1.54) is 0 Å².